The van der Waals surface area contributed by atoms with Crippen molar-refractivity contribution in [3.8, 4) is 0 Å². The van der Waals surface area contributed by atoms with Gasteiger partial charge in [0, 0.05) is 24.8 Å². The number of aryl methyl sites for hydroxylation is 1. The number of carbonyl (C=O) groups excluding carboxylic acids is 1. The highest BCUT2D eigenvalue weighted by Crippen LogP contribution is 2.21. The maximum atomic E-state index is 13.4. The predicted molar refractivity (Wildman–Crippen MR) is 93.4 cm³/mol. The lowest BCUT2D eigenvalue weighted by Crippen LogP contribution is -2.48. The Morgan fingerprint density at radius 3 is 2.96 bits per heavy atom. The minimum absolute atomic E-state index is 0.100. The molecule has 1 unspecified atom stereocenters. The predicted octanol–water partition coefficient (Wildman–Crippen LogP) is 1.92. The molecule has 2 N–H and O–H groups in total. The molecule has 2 aromatic rings. The third-order valence-corrected chi connectivity index (χ3v) is 4.63. The zero-order valence-corrected chi connectivity index (χ0v) is 14.3. The van der Waals surface area contributed by atoms with E-state index in [1.165, 1.54) is 12.1 Å². The number of rotatable bonds is 3. The van der Waals surface area contributed by atoms with Gasteiger partial charge in [0.05, 0.1) is 5.69 Å². The molecule has 2 heterocycles. The third-order valence-electron chi connectivity index (χ3n) is 4.63. The van der Waals surface area contributed by atoms with Gasteiger partial charge >= 0.3 is 0 Å². The molecule has 25 heavy (non-hydrogen) atoms. The second-order valence-corrected chi connectivity index (χ2v) is 6.38. The van der Waals surface area contributed by atoms with Crippen LogP contribution in [0, 0.1) is 19.7 Å². The summed E-state index contributed by atoms with van der Waals surface area (Å²) in [4.78, 5) is 26.6. The molecule has 0 bridgehead atoms. The van der Waals surface area contributed by atoms with Crippen molar-refractivity contribution in [3.63, 3.8) is 0 Å². The van der Waals surface area contributed by atoms with Crippen LogP contribution in [0.15, 0.2) is 29.1 Å². The van der Waals surface area contributed by atoms with E-state index in [2.05, 4.69) is 15.5 Å². The first kappa shape index (κ1) is 17.1. The number of piperidine rings is 1. The molecular formula is C18H21FN4O2. The Balaban J connectivity index is 1.74. The van der Waals surface area contributed by atoms with Gasteiger partial charge in [-0.25, -0.2) is 9.49 Å². The average Bonchev–Trinajstić information content (AvgIpc) is 2.59. The van der Waals surface area contributed by atoms with Gasteiger partial charge in [-0.2, -0.15) is 5.10 Å². The largest absolute Gasteiger partial charge is 0.369 e. The molecule has 1 aliphatic heterocycles. The first-order chi connectivity index (χ1) is 12.0. The van der Waals surface area contributed by atoms with E-state index in [0.717, 1.165) is 25.1 Å². The Labute approximate surface area is 145 Å². The van der Waals surface area contributed by atoms with E-state index in [9.17, 15) is 14.0 Å². The molecule has 1 fully saturated rings. The molecule has 1 amide bonds. The number of hydrogen-bond acceptors (Lipinski definition) is 4. The van der Waals surface area contributed by atoms with Crippen molar-refractivity contribution in [2.45, 2.75) is 32.7 Å². The molecule has 1 aromatic heterocycles. The Morgan fingerprint density at radius 2 is 2.20 bits per heavy atom. The maximum absolute atomic E-state index is 13.4. The summed E-state index contributed by atoms with van der Waals surface area (Å²) in [5, 5.41) is 9.15. The van der Waals surface area contributed by atoms with Crippen LogP contribution in [0.2, 0.25) is 0 Å². The molecule has 1 aromatic carbocycles. The van der Waals surface area contributed by atoms with Crippen LogP contribution in [-0.4, -0.2) is 35.2 Å². The molecule has 0 spiro atoms. The van der Waals surface area contributed by atoms with Crippen molar-refractivity contribution in [2.75, 3.05) is 18.0 Å². The van der Waals surface area contributed by atoms with Crippen LogP contribution in [0.4, 0.5) is 10.1 Å². The zero-order valence-electron chi connectivity index (χ0n) is 14.3. The van der Waals surface area contributed by atoms with E-state index >= 15 is 0 Å². The van der Waals surface area contributed by atoms with Crippen molar-refractivity contribution < 1.29 is 9.18 Å². The highest BCUT2D eigenvalue weighted by molar-refractivity contribution is 5.95. The number of carbonyl (C=O) groups is 1. The minimum Gasteiger partial charge on any atom is -0.369 e. The number of benzene rings is 1. The van der Waals surface area contributed by atoms with Crippen LogP contribution in [0.25, 0.3) is 0 Å². The summed E-state index contributed by atoms with van der Waals surface area (Å²) in [6.45, 7) is 4.85. The van der Waals surface area contributed by atoms with Crippen molar-refractivity contribution in [1.82, 2.24) is 15.5 Å². The highest BCUT2D eigenvalue weighted by Gasteiger charge is 2.24. The van der Waals surface area contributed by atoms with Gasteiger partial charge in [0.25, 0.3) is 11.5 Å². The van der Waals surface area contributed by atoms with Gasteiger partial charge in [0.1, 0.15) is 11.4 Å². The molecule has 1 saturated heterocycles. The summed E-state index contributed by atoms with van der Waals surface area (Å²) in [5.41, 5.74) is 1.62. The number of anilines is 1. The number of nitrogens with one attached hydrogen (secondary N) is 2. The normalized spacial score (nSPS) is 17.4. The number of H-pyrrole nitrogens is 1. The van der Waals surface area contributed by atoms with Crippen molar-refractivity contribution in [1.29, 1.82) is 0 Å². The molecule has 1 aliphatic rings. The molecule has 1 atom stereocenters. The van der Waals surface area contributed by atoms with Gasteiger partial charge in [-0.15, -0.1) is 0 Å². The molecule has 132 valence electrons. The van der Waals surface area contributed by atoms with E-state index in [4.69, 9.17) is 0 Å². The molecule has 0 radical (unpaired) electrons. The van der Waals surface area contributed by atoms with Gasteiger partial charge in [-0.05, 0) is 50.5 Å². The lowest BCUT2D eigenvalue weighted by Gasteiger charge is -2.34. The summed E-state index contributed by atoms with van der Waals surface area (Å²) in [6.07, 6.45) is 1.70. The van der Waals surface area contributed by atoms with Crippen LogP contribution < -0.4 is 15.8 Å². The summed E-state index contributed by atoms with van der Waals surface area (Å²) >= 11 is 0. The summed E-state index contributed by atoms with van der Waals surface area (Å²) < 4.78 is 13.4. The molecule has 0 aliphatic carbocycles. The first-order valence-electron chi connectivity index (χ1n) is 8.33. The van der Waals surface area contributed by atoms with Crippen LogP contribution >= 0.6 is 0 Å². The van der Waals surface area contributed by atoms with Gasteiger partial charge in [-0.3, -0.25) is 9.59 Å². The molecule has 6 nitrogen and oxygen atoms in total. The van der Waals surface area contributed by atoms with Crippen LogP contribution in [0.5, 0.6) is 0 Å². The Morgan fingerprint density at radius 1 is 1.40 bits per heavy atom. The van der Waals surface area contributed by atoms with Crippen molar-refractivity contribution >= 4 is 11.6 Å². The van der Waals surface area contributed by atoms with E-state index in [1.807, 2.05) is 11.0 Å². The second kappa shape index (κ2) is 7.04. The Kier molecular flexibility index (Phi) is 4.83. The number of hydrogen-bond donors (Lipinski definition) is 2. The number of halogens is 1. The lowest BCUT2D eigenvalue weighted by atomic mass is 10.0. The van der Waals surface area contributed by atoms with Crippen LogP contribution in [0.1, 0.15) is 34.5 Å². The molecular weight excluding hydrogens is 323 g/mol. The van der Waals surface area contributed by atoms with Crippen LogP contribution in [0.3, 0.4) is 0 Å². The van der Waals surface area contributed by atoms with E-state index in [-0.39, 0.29) is 17.4 Å². The van der Waals surface area contributed by atoms with Crippen molar-refractivity contribution in [3.05, 3.63) is 57.3 Å². The minimum atomic E-state index is -0.488. The molecule has 3 rings (SSSR count). The van der Waals surface area contributed by atoms with E-state index in [0.29, 0.717) is 17.8 Å². The zero-order chi connectivity index (χ0) is 18.0. The van der Waals surface area contributed by atoms with Crippen molar-refractivity contribution in [2.24, 2.45) is 0 Å². The second-order valence-electron chi connectivity index (χ2n) is 6.38. The van der Waals surface area contributed by atoms with Gasteiger partial charge in [-0.1, -0.05) is 6.07 Å². The molecule has 7 heteroatoms. The van der Waals surface area contributed by atoms with Gasteiger partial charge < -0.3 is 10.2 Å². The summed E-state index contributed by atoms with van der Waals surface area (Å²) in [7, 11) is 0. The fourth-order valence-electron chi connectivity index (χ4n) is 3.16. The monoisotopic (exact) mass is 344 g/mol. The molecule has 0 saturated carbocycles. The number of amides is 1. The van der Waals surface area contributed by atoms with Crippen LogP contribution in [-0.2, 0) is 0 Å². The highest BCUT2D eigenvalue weighted by atomic mass is 19.1. The standard InChI is InChI=1S/C18H21FN4O2/c1-11-12(2)21-22-18(25)16(11)17(24)20-14-6-4-8-23(10-14)15-7-3-5-13(19)9-15/h3,5,7,9,14H,4,6,8,10H2,1-2H3,(H,20,24)(H,22,25). The fraction of sp³-hybridized carbons (Fsp3) is 0.389. The van der Waals surface area contributed by atoms with E-state index < -0.39 is 11.5 Å². The smallest absolute Gasteiger partial charge is 0.277 e. The Bertz CT molecular complexity index is 849. The third kappa shape index (κ3) is 3.70. The maximum Gasteiger partial charge on any atom is 0.277 e. The van der Waals surface area contributed by atoms with E-state index in [1.54, 1.807) is 19.9 Å². The fourth-order valence-corrected chi connectivity index (χ4v) is 3.16. The number of aromatic nitrogens is 2. The number of aromatic amines is 1. The Hall–Kier alpha value is -2.70. The van der Waals surface area contributed by atoms with Gasteiger partial charge in [0.2, 0.25) is 0 Å². The SMILES string of the molecule is Cc1n[nH]c(=O)c(C(=O)NC2CCCN(c3cccc(F)c3)C2)c1C. The topological polar surface area (TPSA) is 78.1 Å². The first-order valence-corrected chi connectivity index (χ1v) is 8.33. The van der Waals surface area contributed by atoms with Gasteiger partial charge in [0.15, 0.2) is 0 Å². The summed E-state index contributed by atoms with van der Waals surface area (Å²) in [5.74, 6) is -0.673. The lowest BCUT2D eigenvalue weighted by molar-refractivity contribution is 0.0930. The average molecular weight is 344 g/mol. The number of nitrogens with zero attached hydrogens (tertiary/aromatic N) is 2. The summed E-state index contributed by atoms with van der Waals surface area (Å²) in [6, 6.07) is 6.33. The quantitative estimate of drug-likeness (QED) is 0.892.